The molecule has 1 amide bonds. The van der Waals surface area contributed by atoms with E-state index in [1.165, 1.54) is 5.56 Å². The summed E-state index contributed by atoms with van der Waals surface area (Å²) < 4.78 is 0. The monoisotopic (exact) mass is 211 g/mol. The van der Waals surface area contributed by atoms with Crippen LogP contribution in [0.1, 0.15) is 16.7 Å². The first-order valence-electron chi connectivity index (χ1n) is 4.50. The van der Waals surface area contributed by atoms with Crippen LogP contribution in [0.4, 0.5) is 0 Å². The summed E-state index contributed by atoms with van der Waals surface area (Å²) in [4.78, 5) is 10.8. The van der Waals surface area contributed by atoms with Crippen molar-refractivity contribution in [1.82, 2.24) is 0 Å². The van der Waals surface area contributed by atoms with Gasteiger partial charge in [-0.2, -0.15) is 0 Å². The van der Waals surface area contributed by atoms with E-state index in [2.05, 4.69) is 6.07 Å². The second kappa shape index (κ2) is 4.47. The maximum Gasteiger partial charge on any atom is 0.235 e. The second-order valence-electron chi connectivity index (χ2n) is 3.50. The Morgan fingerprint density at radius 1 is 1.50 bits per heavy atom. The fraction of sp³-hybridized carbons (Fsp3) is 0.364. The fourth-order valence-electron chi connectivity index (χ4n) is 1.37. The Balaban J connectivity index is 2.82. The summed E-state index contributed by atoms with van der Waals surface area (Å²) in [5, 5.41) is -0.614. The summed E-state index contributed by atoms with van der Waals surface area (Å²) in [6, 6.07) is 6.07. The molecule has 0 heterocycles. The number of benzene rings is 1. The number of alkyl halides is 1. The van der Waals surface area contributed by atoms with Crippen LogP contribution >= 0.6 is 11.6 Å². The SMILES string of the molecule is Cc1ccc(CC(Cl)C(N)=O)c(C)c1. The lowest BCUT2D eigenvalue weighted by Crippen LogP contribution is -2.25. The van der Waals surface area contributed by atoms with Crippen LogP contribution in [0.3, 0.4) is 0 Å². The molecule has 0 saturated carbocycles. The van der Waals surface area contributed by atoms with Gasteiger partial charge in [0.05, 0.1) is 0 Å². The second-order valence-corrected chi connectivity index (χ2v) is 4.03. The molecule has 0 saturated heterocycles. The van der Waals surface area contributed by atoms with Crippen molar-refractivity contribution in [3.8, 4) is 0 Å². The van der Waals surface area contributed by atoms with Gasteiger partial charge in [0.2, 0.25) is 5.91 Å². The normalized spacial score (nSPS) is 12.5. The van der Waals surface area contributed by atoms with Crippen molar-refractivity contribution in [2.45, 2.75) is 25.6 Å². The summed E-state index contributed by atoms with van der Waals surface area (Å²) in [7, 11) is 0. The fourth-order valence-corrected chi connectivity index (χ4v) is 1.53. The number of rotatable bonds is 3. The highest BCUT2D eigenvalue weighted by molar-refractivity contribution is 6.30. The largest absolute Gasteiger partial charge is 0.368 e. The number of carbonyl (C=O) groups is 1. The molecule has 0 radical (unpaired) electrons. The highest BCUT2D eigenvalue weighted by Gasteiger charge is 2.12. The van der Waals surface area contributed by atoms with E-state index in [4.69, 9.17) is 17.3 Å². The number of halogens is 1. The Morgan fingerprint density at radius 3 is 2.64 bits per heavy atom. The molecule has 1 aromatic carbocycles. The topological polar surface area (TPSA) is 43.1 Å². The van der Waals surface area contributed by atoms with Gasteiger partial charge in [-0.3, -0.25) is 4.79 Å². The van der Waals surface area contributed by atoms with Crippen LogP contribution in [0.2, 0.25) is 0 Å². The van der Waals surface area contributed by atoms with E-state index in [1.54, 1.807) is 0 Å². The van der Waals surface area contributed by atoms with Gasteiger partial charge in [0.25, 0.3) is 0 Å². The quantitative estimate of drug-likeness (QED) is 0.763. The molecule has 0 fully saturated rings. The molecule has 14 heavy (non-hydrogen) atoms. The lowest BCUT2D eigenvalue weighted by Gasteiger charge is -2.09. The number of amides is 1. The highest BCUT2D eigenvalue weighted by atomic mass is 35.5. The van der Waals surface area contributed by atoms with Crippen molar-refractivity contribution in [2.75, 3.05) is 0 Å². The molecule has 2 N–H and O–H groups in total. The van der Waals surface area contributed by atoms with E-state index in [0.717, 1.165) is 11.1 Å². The van der Waals surface area contributed by atoms with Gasteiger partial charge in [-0.1, -0.05) is 23.8 Å². The number of primary amides is 1. The minimum atomic E-state index is -0.614. The third-order valence-corrected chi connectivity index (χ3v) is 2.58. The Kier molecular flexibility index (Phi) is 3.53. The molecular formula is C11H14ClNO. The van der Waals surface area contributed by atoms with Crippen LogP contribution in [0.15, 0.2) is 18.2 Å². The molecule has 76 valence electrons. The zero-order valence-electron chi connectivity index (χ0n) is 8.38. The first-order chi connectivity index (χ1) is 6.50. The molecule has 1 unspecified atom stereocenters. The highest BCUT2D eigenvalue weighted by Crippen LogP contribution is 2.14. The molecule has 3 heteroatoms. The molecule has 0 bridgehead atoms. The van der Waals surface area contributed by atoms with Crippen LogP contribution in [0, 0.1) is 13.8 Å². The van der Waals surface area contributed by atoms with Gasteiger partial charge in [-0.25, -0.2) is 0 Å². The molecule has 2 nitrogen and oxygen atoms in total. The third-order valence-electron chi connectivity index (χ3n) is 2.21. The van der Waals surface area contributed by atoms with Crippen molar-refractivity contribution in [3.05, 3.63) is 34.9 Å². The van der Waals surface area contributed by atoms with Gasteiger partial charge >= 0.3 is 0 Å². The van der Waals surface area contributed by atoms with Gasteiger partial charge in [0.15, 0.2) is 0 Å². The maximum absolute atomic E-state index is 10.8. The van der Waals surface area contributed by atoms with Crippen molar-refractivity contribution < 1.29 is 4.79 Å². The van der Waals surface area contributed by atoms with E-state index in [0.29, 0.717) is 6.42 Å². The van der Waals surface area contributed by atoms with E-state index in [9.17, 15) is 4.79 Å². The Bertz CT molecular complexity index is 349. The number of hydrogen-bond donors (Lipinski definition) is 1. The number of nitrogens with two attached hydrogens (primary N) is 1. The molecule has 0 aliphatic rings. The van der Waals surface area contributed by atoms with Crippen molar-refractivity contribution in [3.63, 3.8) is 0 Å². The summed E-state index contributed by atoms with van der Waals surface area (Å²) in [6.45, 7) is 4.04. The first-order valence-corrected chi connectivity index (χ1v) is 4.94. The van der Waals surface area contributed by atoms with E-state index < -0.39 is 11.3 Å². The predicted octanol–water partition coefficient (Wildman–Crippen LogP) is 1.94. The first kappa shape index (κ1) is 11.1. The van der Waals surface area contributed by atoms with E-state index in [1.807, 2.05) is 26.0 Å². The van der Waals surface area contributed by atoms with Crippen LogP contribution < -0.4 is 5.73 Å². The van der Waals surface area contributed by atoms with Crippen LogP contribution in [-0.2, 0) is 11.2 Å². The smallest absolute Gasteiger partial charge is 0.235 e. The van der Waals surface area contributed by atoms with Gasteiger partial charge in [-0.05, 0) is 31.4 Å². The number of aryl methyl sites for hydroxylation is 2. The number of hydrogen-bond acceptors (Lipinski definition) is 1. The summed E-state index contributed by atoms with van der Waals surface area (Å²) in [5.74, 6) is -0.466. The van der Waals surface area contributed by atoms with Gasteiger partial charge in [0.1, 0.15) is 5.38 Å². The third kappa shape index (κ3) is 2.74. The predicted molar refractivity (Wildman–Crippen MR) is 58.5 cm³/mol. The lowest BCUT2D eigenvalue weighted by molar-refractivity contribution is -0.117. The van der Waals surface area contributed by atoms with Crippen LogP contribution in [0.25, 0.3) is 0 Å². The Morgan fingerprint density at radius 2 is 2.14 bits per heavy atom. The van der Waals surface area contributed by atoms with Crippen LogP contribution in [0.5, 0.6) is 0 Å². The Labute approximate surface area is 89.1 Å². The van der Waals surface area contributed by atoms with E-state index >= 15 is 0 Å². The maximum atomic E-state index is 10.8. The molecule has 0 aliphatic heterocycles. The minimum Gasteiger partial charge on any atom is -0.368 e. The standard InChI is InChI=1S/C11H14ClNO/c1-7-3-4-9(8(2)5-7)6-10(12)11(13)14/h3-5,10H,6H2,1-2H3,(H2,13,14). The minimum absolute atomic E-state index is 0.466. The van der Waals surface area contributed by atoms with Gasteiger partial charge in [0, 0.05) is 0 Å². The summed E-state index contributed by atoms with van der Waals surface area (Å²) in [6.07, 6.45) is 0.503. The average molecular weight is 212 g/mol. The number of carbonyl (C=O) groups excluding carboxylic acids is 1. The van der Waals surface area contributed by atoms with Gasteiger partial charge in [-0.15, -0.1) is 11.6 Å². The molecule has 1 aromatic rings. The molecular weight excluding hydrogens is 198 g/mol. The summed E-state index contributed by atoms with van der Waals surface area (Å²) in [5.41, 5.74) is 8.53. The molecule has 1 atom stereocenters. The zero-order valence-corrected chi connectivity index (χ0v) is 9.14. The average Bonchev–Trinajstić information content (AvgIpc) is 2.09. The molecule has 0 aromatic heterocycles. The molecule has 0 aliphatic carbocycles. The van der Waals surface area contributed by atoms with Crippen LogP contribution in [-0.4, -0.2) is 11.3 Å². The van der Waals surface area contributed by atoms with Gasteiger partial charge < -0.3 is 5.73 Å². The summed E-state index contributed by atoms with van der Waals surface area (Å²) >= 11 is 5.79. The lowest BCUT2D eigenvalue weighted by atomic mass is 10.0. The molecule has 0 spiro atoms. The van der Waals surface area contributed by atoms with Crippen molar-refractivity contribution in [2.24, 2.45) is 5.73 Å². The van der Waals surface area contributed by atoms with E-state index in [-0.39, 0.29) is 0 Å². The molecule has 1 rings (SSSR count). The zero-order chi connectivity index (χ0) is 10.7. The Hall–Kier alpha value is -1.02. The van der Waals surface area contributed by atoms with Crippen molar-refractivity contribution in [1.29, 1.82) is 0 Å². The van der Waals surface area contributed by atoms with Crippen molar-refractivity contribution >= 4 is 17.5 Å².